The predicted molar refractivity (Wildman–Crippen MR) is 123 cm³/mol. The molecule has 0 aromatic carbocycles. The molecule has 1 aliphatic carbocycles. The van der Waals surface area contributed by atoms with Crippen molar-refractivity contribution in [1.82, 2.24) is 4.90 Å². The average molecular weight is 416 g/mol. The minimum atomic E-state index is -0.693. The van der Waals surface area contributed by atoms with E-state index in [2.05, 4.69) is 18.4 Å². The number of hydrogen-bond acceptors (Lipinski definition) is 2. The van der Waals surface area contributed by atoms with Crippen LogP contribution in [0.2, 0.25) is 0 Å². The molecule has 1 atom stereocenters. The van der Waals surface area contributed by atoms with Crippen LogP contribution in [0.5, 0.6) is 0 Å². The first-order valence-electron chi connectivity index (χ1n) is 11.6. The molecule has 0 aromatic heterocycles. The van der Waals surface area contributed by atoms with E-state index in [1.54, 1.807) is 6.08 Å². The average Bonchev–Trinajstić information content (AvgIpc) is 3.04. The molecular weight excluding hydrogens is 370 g/mol. The second-order valence-electron chi connectivity index (χ2n) is 8.51. The van der Waals surface area contributed by atoms with E-state index in [9.17, 15) is 4.79 Å². The third-order valence-electron chi connectivity index (χ3n) is 5.87. The second-order valence-corrected chi connectivity index (χ2v) is 9.12. The van der Waals surface area contributed by atoms with Crippen molar-refractivity contribution in [2.75, 3.05) is 19.6 Å². The SMILES string of the molecule is C=CC.CCCCC(=O)O.CCCCC1(CCCCN2CCC(Cl)C2)CCC1. The van der Waals surface area contributed by atoms with Gasteiger partial charge in [-0.2, -0.15) is 0 Å². The molecule has 0 amide bonds. The quantitative estimate of drug-likeness (QED) is 0.219. The van der Waals surface area contributed by atoms with Gasteiger partial charge >= 0.3 is 5.97 Å². The molecule has 4 heteroatoms. The van der Waals surface area contributed by atoms with Crippen molar-refractivity contribution >= 4 is 17.6 Å². The van der Waals surface area contributed by atoms with E-state index in [1.807, 2.05) is 13.8 Å². The standard InChI is InChI=1S/C16H30ClN.C5H10O2.C3H6/c1-2-3-8-16(10-6-11-16)9-4-5-12-18-13-7-15(17)14-18;1-2-3-4-5(6)7;1-3-2/h15H,2-14H2,1H3;2-4H2,1H3,(H,6,7);3H,1H2,2H3. The van der Waals surface area contributed by atoms with Gasteiger partial charge in [-0.1, -0.05) is 52.0 Å². The van der Waals surface area contributed by atoms with Gasteiger partial charge in [-0.15, -0.1) is 18.2 Å². The molecule has 28 heavy (non-hydrogen) atoms. The van der Waals surface area contributed by atoms with Crippen molar-refractivity contribution in [3.8, 4) is 0 Å². The van der Waals surface area contributed by atoms with Crippen LogP contribution in [0.3, 0.4) is 0 Å². The van der Waals surface area contributed by atoms with E-state index in [4.69, 9.17) is 16.7 Å². The summed E-state index contributed by atoms with van der Waals surface area (Å²) < 4.78 is 0. The molecule has 0 spiro atoms. The lowest BCUT2D eigenvalue weighted by Crippen LogP contribution is -2.29. The Hall–Kier alpha value is -0.540. The Kier molecular flexibility index (Phi) is 17.0. The molecule has 1 heterocycles. The fourth-order valence-corrected chi connectivity index (χ4v) is 4.30. The summed E-state index contributed by atoms with van der Waals surface area (Å²) in [6.07, 6.45) is 18.2. The number of halogens is 1. The zero-order valence-electron chi connectivity index (χ0n) is 18.9. The van der Waals surface area contributed by atoms with E-state index in [1.165, 1.54) is 77.3 Å². The monoisotopic (exact) mass is 415 g/mol. The molecule has 0 aromatic rings. The third kappa shape index (κ3) is 13.6. The maximum Gasteiger partial charge on any atom is 0.303 e. The maximum atomic E-state index is 9.76. The van der Waals surface area contributed by atoms with Gasteiger partial charge in [0.15, 0.2) is 0 Å². The van der Waals surface area contributed by atoms with Crippen LogP contribution in [0.25, 0.3) is 0 Å². The Morgan fingerprint density at radius 3 is 2.18 bits per heavy atom. The highest BCUT2D eigenvalue weighted by Crippen LogP contribution is 2.48. The Labute approximate surface area is 179 Å². The summed E-state index contributed by atoms with van der Waals surface area (Å²) in [6, 6.07) is 0. The normalized spacial score (nSPS) is 20.2. The van der Waals surface area contributed by atoms with Gasteiger partial charge in [0.1, 0.15) is 0 Å². The number of allylic oxidation sites excluding steroid dienone is 1. The zero-order chi connectivity index (χ0) is 21.3. The van der Waals surface area contributed by atoms with Crippen molar-refractivity contribution in [3.05, 3.63) is 12.7 Å². The van der Waals surface area contributed by atoms with E-state index in [0.717, 1.165) is 24.8 Å². The van der Waals surface area contributed by atoms with E-state index < -0.39 is 5.97 Å². The molecular formula is C24H46ClNO2. The largest absolute Gasteiger partial charge is 0.481 e. The second kappa shape index (κ2) is 17.3. The molecule has 1 unspecified atom stereocenters. The smallest absolute Gasteiger partial charge is 0.303 e. The number of hydrogen-bond donors (Lipinski definition) is 1. The van der Waals surface area contributed by atoms with Crippen LogP contribution in [0.15, 0.2) is 12.7 Å². The maximum absolute atomic E-state index is 9.76. The number of carboxylic acids is 1. The molecule has 3 nitrogen and oxygen atoms in total. The summed E-state index contributed by atoms with van der Waals surface area (Å²) in [5, 5.41) is 8.47. The topological polar surface area (TPSA) is 40.5 Å². The molecule has 166 valence electrons. The number of carbonyl (C=O) groups is 1. The van der Waals surface area contributed by atoms with Gasteiger partial charge in [-0.05, 0) is 70.4 Å². The molecule has 0 radical (unpaired) electrons. The summed E-state index contributed by atoms with van der Waals surface area (Å²) in [5.74, 6) is -0.693. The Morgan fingerprint density at radius 1 is 1.18 bits per heavy atom. The van der Waals surface area contributed by atoms with Gasteiger partial charge < -0.3 is 10.0 Å². The fraction of sp³-hybridized carbons (Fsp3) is 0.875. The predicted octanol–water partition coefficient (Wildman–Crippen LogP) is 7.28. The summed E-state index contributed by atoms with van der Waals surface area (Å²) in [7, 11) is 0. The van der Waals surface area contributed by atoms with Crippen LogP contribution in [-0.2, 0) is 4.79 Å². The first kappa shape index (κ1) is 27.5. The first-order valence-corrected chi connectivity index (χ1v) is 12.0. The van der Waals surface area contributed by atoms with Crippen molar-refractivity contribution in [2.24, 2.45) is 5.41 Å². The Balaban J connectivity index is 0.000000612. The third-order valence-corrected chi connectivity index (χ3v) is 6.22. The summed E-state index contributed by atoms with van der Waals surface area (Å²) >= 11 is 6.14. The molecule has 0 bridgehead atoms. The van der Waals surface area contributed by atoms with Gasteiger partial charge in [-0.3, -0.25) is 4.79 Å². The van der Waals surface area contributed by atoms with E-state index >= 15 is 0 Å². The van der Waals surface area contributed by atoms with Gasteiger partial charge in [0.25, 0.3) is 0 Å². The lowest BCUT2D eigenvalue weighted by molar-refractivity contribution is -0.137. The number of unbranched alkanes of at least 4 members (excludes halogenated alkanes) is 3. The minimum Gasteiger partial charge on any atom is -0.481 e. The number of carboxylic acid groups (broad SMARTS) is 1. The number of aliphatic carboxylic acids is 1. The Bertz CT molecular complexity index is 396. The number of rotatable bonds is 11. The summed E-state index contributed by atoms with van der Waals surface area (Å²) in [4.78, 5) is 12.3. The molecule has 2 aliphatic rings. The van der Waals surface area contributed by atoms with Crippen LogP contribution in [0, 0.1) is 5.41 Å². The zero-order valence-corrected chi connectivity index (χ0v) is 19.6. The molecule has 1 saturated carbocycles. The van der Waals surface area contributed by atoms with Gasteiger partial charge in [-0.25, -0.2) is 0 Å². The van der Waals surface area contributed by atoms with Crippen molar-refractivity contribution in [1.29, 1.82) is 0 Å². The van der Waals surface area contributed by atoms with Gasteiger partial charge in [0.05, 0.1) is 0 Å². The summed E-state index contributed by atoms with van der Waals surface area (Å²) in [6.45, 7) is 13.2. The van der Waals surface area contributed by atoms with Crippen LogP contribution >= 0.6 is 11.6 Å². The van der Waals surface area contributed by atoms with Crippen LogP contribution in [-0.4, -0.2) is 41.0 Å². The van der Waals surface area contributed by atoms with Gasteiger partial charge in [0, 0.05) is 18.3 Å². The van der Waals surface area contributed by atoms with E-state index in [0.29, 0.717) is 11.8 Å². The number of nitrogens with zero attached hydrogens (tertiary/aromatic N) is 1. The molecule has 1 aliphatic heterocycles. The van der Waals surface area contributed by atoms with Crippen molar-refractivity contribution in [3.63, 3.8) is 0 Å². The molecule has 2 rings (SSSR count). The molecule has 1 N–H and O–H groups in total. The summed E-state index contributed by atoms with van der Waals surface area (Å²) in [5.41, 5.74) is 0.774. The highest BCUT2D eigenvalue weighted by atomic mass is 35.5. The highest BCUT2D eigenvalue weighted by molar-refractivity contribution is 6.20. The van der Waals surface area contributed by atoms with E-state index in [-0.39, 0.29) is 0 Å². The lowest BCUT2D eigenvalue weighted by atomic mass is 9.63. The van der Waals surface area contributed by atoms with Crippen LogP contribution in [0.4, 0.5) is 0 Å². The van der Waals surface area contributed by atoms with Crippen LogP contribution < -0.4 is 0 Å². The molecule has 1 saturated heterocycles. The Morgan fingerprint density at radius 2 is 1.79 bits per heavy atom. The number of likely N-dealkylation sites (tertiary alicyclic amines) is 1. The van der Waals surface area contributed by atoms with Crippen molar-refractivity contribution in [2.45, 2.75) is 110 Å². The minimum absolute atomic E-state index is 0.316. The number of alkyl halides is 1. The van der Waals surface area contributed by atoms with Gasteiger partial charge in [0.2, 0.25) is 0 Å². The fourth-order valence-electron chi connectivity index (χ4n) is 4.01. The molecule has 2 fully saturated rings. The lowest BCUT2D eigenvalue weighted by Gasteiger charge is -2.42. The highest BCUT2D eigenvalue weighted by Gasteiger charge is 2.35. The van der Waals surface area contributed by atoms with Crippen LogP contribution in [0.1, 0.15) is 104 Å². The first-order chi connectivity index (χ1) is 13.4. The van der Waals surface area contributed by atoms with Crippen molar-refractivity contribution < 1.29 is 9.90 Å².